The van der Waals surface area contributed by atoms with Crippen LogP contribution in [0.2, 0.25) is 0 Å². The van der Waals surface area contributed by atoms with Crippen molar-refractivity contribution in [2.24, 2.45) is 0 Å². The van der Waals surface area contributed by atoms with E-state index in [4.69, 9.17) is 9.47 Å². The monoisotopic (exact) mass is 235 g/mol. The van der Waals surface area contributed by atoms with Crippen molar-refractivity contribution in [1.29, 1.82) is 0 Å². The molecule has 1 aromatic heterocycles. The summed E-state index contributed by atoms with van der Waals surface area (Å²) in [6, 6.07) is 2.34. The van der Waals surface area contributed by atoms with E-state index < -0.39 is 0 Å². The van der Waals surface area contributed by atoms with E-state index in [-0.39, 0.29) is 0 Å². The lowest BCUT2D eigenvalue weighted by atomic mass is 10.1. The molecule has 2 aliphatic heterocycles. The minimum Gasteiger partial charge on any atom is -0.492 e. The third-order valence-electron chi connectivity index (χ3n) is 3.17. The Balaban J connectivity index is 1.89. The van der Waals surface area contributed by atoms with Gasteiger partial charge < -0.3 is 19.7 Å². The van der Waals surface area contributed by atoms with Crippen molar-refractivity contribution in [3.63, 3.8) is 0 Å². The van der Waals surface area contributed by atoms with E-state index in [0.717, 1.165) is 43.6 Å². The maximum absolute atomic E-state index is 5.76. The molecule has 0 bridgehead atoms. The van der Waals surface area contributed by atoms with Crippen LogP contribution in [-0.2, 0) is 0 Å². The van der Waals surface area contributed by atoms with Gasteiger partial charge in [-0.15, -0.1) is 0 Å². The smallest absolute Gasteiger partial charge is 0.172 e. The van der Waals surface area contributed by atoms with Crippen molar-refractivity contribution in [2.75, 3.05) is 37.7 Å². The van der Waals surface area contributed by atoms with Gasteiger partial charge in [0.2, 0.25) is 0 Å². The fourth-order valence-corrected chi connectivity index (χ4v) is 2.36. The number of fused-ring (bicyclic) bond motifs is 3. The Morgan fingerprint density at radius 3 is 3.47 bits per heavy atom. The SMILES string of the molecule is CCOc1cnc2c(c1)OC[C@H]1CNCCN21. The predicted molar refractivity (Wildman–Crippen MR) is 64.9 cm³/mol. The molecule has 0 saturated carbocycles. The summed E-state index contributed by atoms with van der Waals surface area (Å²) in [5.41, 5.74) is 0. The molecule has 1 aromatic rings. The van der Waals surface area contributed by atoms with E-state index >= 15 is 0 Å². The molecular formula is C12H17N3O2. The molecule has 17 heavy (non-hydrogen) atoms. The van der Waals surface area contributed by atoms with Gasteiger partial charge in [-0.1, -0.05) is 0 Å². The second-order valence-corrected chi connectivity index (χ2v) is 4.29. The summed E-state index contributed by atoms with van der Waals surface area (Å²) in [6.07, 6.45) is 1.77. The lowest BCUT2D eigenvalue weighted by molar-refractivity contribution is 0.242. The van der Waals surface area contributed by atoms with E-state index in [1.165, 1.54) is 0 Å². The van der Waals surface area contributed by atoms with Crippen molar-refractivity contribution in [3.8, 4) is 11.5 Å². The zero-order chi connectivity index (χ0) is 11.7. The first kappa shape index (κ1) is 10.7. The molecule has 0 amide bonds. The first-order valence-corrected chi connectivity index (χ1v) is 6.11. The fraction of sp³-hybridized carbons (Fsp3) is 0.583. The van der Waals surface area contributed by atoms with Gasteiger partial charge in [-0.25, -0.2) is 4.98 Å². The van der Waals surface area contributed by atoms with Gasteiger partial charge in [-0.05, 0) is 6.92 Å². The summed E-state index contributed by atoms with van der Waals surface area (Å²) in [5, 5.41) is 3.37. The molecule has 1 saturated heterocycles. The Hall–Kier alpha value is -1.49. The topological polar surface area (TPSA) is 46.6 Å². The lowest BCUT2D eigenvalue weighted by Crippen LogP contribution is -2.56. The van der Waals surface area contributed by atoms with Gasteiger partial charge in [-0.2, -0.15) is 0 Å². The van der Waals surface area contributed by atoms with Crippen molar-refractivity contribution >= 4 is 5.82 Å². The van der Waals surface area contributed by atoms with E-state index in [2.05, 4.69) is 15.2 Å². The molecule has 0 spiro atoms. The van der Waals surface area contributed by atoms with Gasteiger partial charge in [0.25, 0.3) is 0 Å². The molecule has 3 heterocycles. The normalized spacial score (nSPS) is 22.4. The maximum Gasteiger partial charge on any atom is 0.172 e. The number of nitrogens with zero attached hydrogens (tertiary/aromatic N) is 2. The zero-order valence-corrected chi connectivity index (χ0v) is 9.98. The second kappa shape index (κ2) is 4.41. The number of pyridine rings is 1. The highest BCUT2D eigenvalue weighted by atomic mass is 16.5. The molecule has 5 nitrogen and oxygen atoms in total. The number of anilines is 1. The summed E-state index contributed by atoms with van der Waals surface area (Å²) >= 11 is 0. The fourth-order valence-electron chi connectivity index (χ4n) is 2.36. The van der Waals surface area contributed by atoms with Crippen LogP contribution in [0.3, 0.4) is 0 Å². The lowest BCUT2D eigenvalue weighted by Gasteiger charge is -2.40. The summed E-state index contributed by atoms with van der Waals surface area (Å²) in [6.45, 7) is 6.29. The molecule has 0 aromatic carbocycles. The number of hydrogen-bond acceptors (Lipinski definition) is 5. The molecule has 0 unspecified atom stereocenters. The quantitative estimate of drug-likeness (QED) is 0.815. The molecular weight excluding hydrogens is 218 g/mol. The Labute approximate surface area is 101 Å². The van der Waals surface area contributed by atoms with Crippen LogP contribution in [0.1, 0.15) is 6.92 Å². The van der Waals surface area contributed by atoms with Crippen molar-refractivity contribution < 1.29 is 9.47 Å². The highest BCUT2D eigenvalue weighted by Crippen LogP contribution is 2.34. The summed E-state index contributed by atoms with van der Waals surface area (Å²) in [4.78, 5) is 6.79. The minimum absolute atomic E-state index is 0.404. The van der Waals surface area contributed by atoms with E-state index in [1.807, 2.05) is 13.0 Å². The van der Waals surface area contributed by atoms with Gasteiger partial charge in [0.05, 0.1) is 18.8 Å². The van der Waals surface area contributed by atoms with Crippen molar-refractivity contribution in [2.45, 2.75) is 13.0 Å². The van der Waals surface area contributed by atoms with Gasteiger partial charge in [0.15, 0.2) is 11.6 Å². The van der Waals surface area contributed by atoms with Crippen LogP contribution < -0.4 is 19.7 Å². The van der Waals surface area contributed by atoms with Gasteiger partial charge in [0, 0.05) is 25.7 Å². The first-order chi connectivity index (χ1) is 8.38. The Morgan fingerprint density at radius 1 is 1.65 bits per heavy atom. The second-order valence-electron chi connectivity index (χ2n) is 4.29. The van der Waals surface area contributed by atoms with E-state index in [9.17, 15) is 0 Å². The average Bonchev–Trinajstić information content (AvgIpc) is 2.39. The summed E-state index contributed by atoms with van der Waals surface area (Å²) < 4.78 is 11.2. The largest absolute Gasteiger partial charge is 0.492 e. The van der Waals surface area contributed by atoms with Crippen LogP contribution in [0, 0.1) is 0 Å². The predicted octanol–water partition coefficient (Wildman–Crippen LogP) is 0.651. The van der Waals surface area contributed by atoms with Crippen LogP contribution in [-0.4, -0.2) is 43.9 Å². The van der Waals surface area contributed by atoms with Crippen molar-refractivity contribution in [1.82, 2.24) is 10.3 Å². The van der Waals surface area contributed by atoms with Gasteiger partial charge in [0.1, 0.15) is 12.4 Å². The molecule has 3 rings (SSSR count). The first-order valence-electron chi connectivity index (χ1n) is 6.11. The van der Waals surface area contributed by atoms with Crippen molar-refractivity contribution in [3.05, 3.63) is 12.3 Å². The molecule has 92 valence electrons. The van der Waals surface area contributed by atoms with E-state index in [1.54, 1.807) is 6.20 Å². The van der Waals surface area contributed by atoms with Gasteiger partial charge >= 0.3 is 0 Å². The third-order valence-corrected chi connectivity index (χ3v) is 3.17. The number of ether oxygens (including phenoxy) is 2. The molecule has 1 fully saturated rings. The minimum atomic E-state index is 0.404. The van der Waals surface area contributed by atoms with Crippen LogP contribution in [0.25, 0.3) is 0 Å². The highest BCUT2D eigenvalue weighted by Gasteiger charge is 2.30. The van der Waals surface area contributed by atoms with Crippen LogP contribution in [0.5, 0.6) is 11.5 Å². The third kappa shape index (κ3) is 1.91. The molecule has 0 aliphatic carbocycles. The number of piperazine rings is 1. The molecule has 0 radical (unpaired) electrons. The number of nitrogens with one attached hydrogen (secondary N) is 1. The van der Waals surface area contributed by atoms with Crippen LogP contribution in [0.15, 0.2) is 12.3 Å². The summed E-state index contributed by atoms with van der Waals surface area (Å²) in [7, 11) is 0. The zero-order valence-electron chi connectivity index (χ0n) is 9.98. The Kier molecular flexibility index (Phi) is 2.76. The molecule has 1 atom stereocenters. The number of hydrogen-bond donors (Lipinski definition) is 1. The van der Waals surface area contributed by atoms with E-state index in [0.29, 0.717) is 12.6 Å². The molecule has 5 heteroatoms. The van der Waals surface area contributed by atoms with Crippen LogP contribution in [0.4, 0.5) is 5.82 Å². The Morgan fingerprint density at radius 2 is 2.59 bits per heavy atom. The average molecular weight is 235 g/mol. The maximum atomic E-state index is 5.76. The Bertz CT molecular complexity index is 411. The highest BCUT2D eigenvalue weighted by molar-refractivity contribution is 5.57. The summed E-state index contributed by atoms with van der Waals surface area (Å²) in [5.74, 6) is 2.57. The number of aromatic nitrogens is 1. The molecule has 1 N–H and O–H groups in total. The standard InChI is InChI=1S/C12H17N3O2/c1-2-16-10-5-11-12(14-7-10)15-4-3-13-6-9(15)8-17-11/h5,7,9,13H,2-4,6,8H2,1H3/t9-/m1/s1. The van der Waals surface area contributed by atoms with Crippen LogP contribution >= 0.6 is 0 Å². The number of rotatable bonds is 2. The molecule has 2 aliphatic rings. The van der Waals surface area contributed by atoms with Gasteiger partial charge in [-0.3, -0.25) is 0 Å².